The number of hydrogen-bond donors (Lipinski definition) is 0. The van der Waals surface area contributed by atoms with E-state index in [1.807, 2.05) is 35.0 Å². The van der Waals surface area contributed by atoms with E-state index in [0.717, 1.165) is 67.3 Å². The first-order valence-corrected chi connectivity index (χ1v) is 14.8. The first-order chi connectivity index (χ1) is 20.0. The fourth-order valence-corrected chi connectivity index (χ4v) is 6.50. The molecule has 0 amide bonds. The first-order valence-electron chi connectivity index (χ1n) is 14.0. The van der Waals surface area contributed by atoms with E-state index < -0.39 is 0 Å². The van der Waals surface area contributed by atoms with Crippen LogP contribution in [0, 0.1) is 0 Å². The average molecular weight is 593 g/mol. The van der Waals surface area contributed by atoms with Crippen LogP contribution in [0.5, 0.6) is 0 Å². The van der Waals surface area contributed by atoms with Gasteiger partial charge < -0.3 is 14.2 Å². The van der Waals surface area contributed by atoms with Gasteiger partial charge in [0, 0.05) is 43.0 Å². The number of fused-ring (bicyclic) bond motifs is 3. The van der Waals surface area contributed by atoms with Gasteiger partial charge in [-0.15, -0.1) is 10.2 Å². The van der Waals surface area contributed by atoms with E-state index in [1.165, 1.54) is 0 Å². The Balaban J connectivity index is 1.24. The van der Waals surface area contributed by atoms with E-state index in [2.05, 4.69) is 50.5 Å². The molecule has 0 radical (unpaired) electrons. The highest BCUT2D eigenvalue weighted by molar-refractivity contribution is 6.30. The Labute approximate surface area is 247 Å². The molecule has 2 aliphatic rings. The van der Waals surface area contributed by atoms with Crippen molar-refractivity contribution in [2.24, 2.45) is 0 Å². The summed E-state index contributed by atoms with van der Waals surface area (Å²) in [6, 6.07) is 12.2. The number of imidazole rings is 1. The standard InChI is InChI=1S/C29H31Cl2N9O/c1-18-14-39(19(2)13-38(18)26(20-5-7-21(30)8-6-20)24-10-9-22(31)12-32-24)27-25-28(40-17-34-36-29(40)35-27)37(16-33-25)15-23-4-3-11-41-23/h5-10,12,16-19,23,26H,3-4,11,13-15H2,1-2H3/t18-,19+,23+,26+/m1/s1. The second-order valence-electron chi connectivity index (χ2n) is 11.0. The van der Waals surface area contributed by atoms with E-state index in [0.29, 0.717) is 15.8 Å². The summed E-state index contributed by atoms with van der Waals surface area (Å²) < 4.78 is 10.0. The van der Waals surface area contributed by atoms with Crippen LogP contribution in [0.25, 0.3) is 16.9 Å². The maximum atomic E-state index is 6.25. The molecule has 0 N–H and O–H groups in total. The number of aromatic nitrogens is 7. The van der Waals surface area contributed by atoms with Crippen molar-refractivity contribution in [3.63, 3.8) is 0 Å². The minimum Gasteiger partial charge on any atom is -0.376 e. The molecular weight excluding hydrogens is 561 g/mol. The Kier molecular flexibility index (Phi) is 7.02. The SMILES string of the molecule is C[C@@H]1CN(c2nc3nncn3c3c2ncn3C[C@@H]2CCCO2)[C@@H](C)CN1[C@@H](c1ccc(Cl)cc1)c1ccc(Cl)cn1. The van der Waals surface area contributed by atoms with Crippen LogP contribution in [-0.4, -0.2) is 76.9 Å². The molecular formula is C29H31Cl2N9O. The molecule has 4 aromatic heterocycles. The molecule has 0 aliphatic carbocycles. The molecule has 1 aromatic carbocycles. The average Bonchev–Trinajstić information content (AvgIpc) is 3.74. The molecule has 12 heteroatoms. The van der Waals surface area contributed by atoms with Gasteiger partial charge in [-0.05, 0) is 56.5 Å². The summed E-state index contributed by atoms with van der Waals surface area (Å²) in [7, 11) is 0. The van der Waals surface area contributed by atoms with Gasteiger partial charge in [0.2, 0.25) is 0 Å². The number of ether oxygens (including phenoxy) is 1. The van der Waals surface area contributed by atoms with Gasteiger partial charge in [-0.3, -0.25) is 9.88 Å². The van der Waals surface area contributed by atoms with Crippen LogP contribution < -0.4 is 4.90 Å². The minimum absolute atomic E-state index is 0.0540. The van der Waals surface area contributed by atoms with Crippen molar-refractivity contribution in [2.75, 3.05) is 24.6 Å². The third-order valence-electron chi connectivity index (χ3n) is 8.26. The third kappa shape index (κ3) is 4.92. The summed E-state index contributed by atoms with van der Waals surface area (Å²) in [5.74, 6) is 1.39. The van der Waals surface area contributed by atoms with Crippen molar-refractivity contribution < 1.29 is 4.74 Å². The molecule has 2 aliphatic heterocycles. The van der Waals surface area contributed by atoms with Crippen molar-refractivity contribution in [3.8, 4) is 0 Å². The van der Waals surface area contributed by atoms with Gasteiger partial charge in [-0.2, -0.15) is 4.98 Å². The van der Waals surface area contributed by atoms with Crippen LogP contribution in [0.2, 0.25) is 10.0 Å². The number of pyridine rings is 1. The van der Waals surface area contributed by atoms with Crippen LogP contribution in [-0.2, 0) is 11.3 Å². The monoisotopic (exact) mass is 591 g/mol. The number of halogens is 2. The summed E-state index contributed by atoms with van der Waals surface area (Å²) in [5.41, 5.74) is 3.87. The first kappa shape index (κ1) is 26.6. The molecule has 2 fully saturated rings. The highest BCUT2D eigenvalue weighted by atomic mass is 35.5. The molecule has 0 unspecified atom stereocenters. The van der Waals surface area contributed by atoms with Gasteiger partial charge >= 0.3 is 0 Å². The van der Waals surface area contributed by atoms with Gasteiger partial charge in [0.05, 0.1) is 35.7 Å². The highest BCUT2D eigenvalue weighted by Crippen LogP contribution is 2.36. The Bertz CT molecular complexity index is 1620. The van der Waals surface area contributed by atoms with Gasteiger partial charge in [0.15, 0.2) is 11.5 Å². The summed E-state index contributed by atoms with van der Waals surface area (Å²) in [6.07, 6.45) is 7.65. The maximum absolute atomic E-state index is 6.25. The predicted octanol–water partition coefficient (Wildman–Crippen LogP) is 5.04. The number of nitrogens with zero attached hydrogens (tertiary/aromatic N) is 9. The highest BCUT2D eigenvalue weighted by Gasteiger charge is 2.37. The zero-order valence-corrected chi connectivity index (χ0v) is 24.4. The molecule has 5 aromatic rings. The topological polar surface area (TPSA) is 89.5 Å². The van der Waals surface area contributed by atoms with Crippen molar-refractivity contribution in [1.82, 2.24) is 39.0 Å². The Morgan fingerprint density at radius 3 is 2.56 bits per heavy atom. The Morgan fingerprint density at radius 2 is 1.80 bits per heavy atom. The normalized spacial score (nSPS) is 22.6. The second-order valence-corrected chi connectivity index (χ2v) is 11.9. The van der Waals surface area contributed by atoms with Crippen molar-refractivity contribution in [1.29, 1.82) is 0 Å². The smallest absolute Gasteiger partial charge is 0.258 e. The van der Waals surface area contributed by atoms with E-state index in [4.69, 9.17) is 42.9 Å². The van der Waals surface area contributed by atoms with Crippen molar-refractivity contribution in [3.05, 3.63) is 76.6 Å². The molecule has 4 atom stereocenters. The summed E-state index contributed by atoms with van der Waals surface area (Å²) in [4.78, 5) is 19.4. The molecule has 0 saturated carbocycles. The van der Waals surface area contributed by atoms with Crippen LogP contribution in [0.15, 0.2) is 55.2 Å². The zero-order valence-electron chi connectivity index (χ0n) is 22.9. The van der Waals surface area contributed by atoms with E-state index in [9.17, 15) is 0 Å². The fourth-order valence-electron chi connectivity index (χ4n) is 6.26. The minimum atomic E-state index is -0.0540. The predicted molar refractivity (Wildman–Crippen MR) is 159 cm³/mol. The van der Waals surface area contributed by atoms with Crippen LogP contribution in [0.3, 0.4) is 0 Å². The van der Waals surface area contributed by atoms with Crippen molar-refractivity contribution in [2.45, 2.75) is 57.5 Å². The van der Waals surface area contributed by atoms with Gasteiger partial charge in [0.1, 0.15) is 11.8 Å². The lowest BCUT2D eigenvalue weighted by molar-refractivity contribution is 0.0977. The number of rotatable bonds is 6. The van der Waals surface area contributed by atoms with Crippen LogP contribution in [0.1, 0.15) is 44.0 Å². The molecule has 0 bridgehead atoms. The molecule has 41 heavy (non-hydrogen) atoms. The molecule has 2 saturated heterocycles. The lowest BCUT2D eigenvalue weighted by Crippen LogP contribution is -2.57. The number of piperazine rings is 1. The largest absolute Gasteiger partial charge is 0.376 e. The Morgan fingerprint density at radius 1 is 0.976 bits per heavy atom. The molecule has 6 heterocycles. The molecule has 0 spiro atoms. The lowest BCUT2D eigenvalue weighted by atomic mass is 9.96. The lowest BCUT2D eigenvalue weighted by Gasteiger charge is -2.47. The number of benzene rings is 1. The van der Waals surface area contributed by atoms with E-state index in [1.54, 1.807) is 12.5 Å². The maximum Gasteiger partial charge on any atom is 0.258 e. The Hall–Kier alpha value is -3.31. The summed E-state index contributed by atoms with van der Waals surface area (Å²) >= 11 is 12.5. The molecule has 212 valence electrons. The van der Waals surface area contributed by atoms with E-state index in [-0.39, 0.29) is 24.2 Å². The fraction of sp³-hybridized carbons (Fsp3) is 0.414. The zero-order chi connectivity index (χ0) is 28.1. The summed E-state index contributed by atoms with van der Waals surface area (Å²) in [5, 5.41) is 9.81. The van der Waals surface area contributed by atoms with E-state index >= 15 is 0 Å². The summed E-state index contributed by atoms with van der Waals surface area (Å²) in [6.45, 7) is 7.58. The quantitative estimate of drug-likeness (QED) is 0.271. The van der Waals surface area contributed by atoms with Crippen LogP contribution in [0.4, 0.5) is 5.82 Å². The number of hydrogen-bond acceptors (Lipinski definition) is 8. The van der Waals surface area contributed by atoms with Gasteiger partial charge in [-0.1, -0.05) is 35.3 Å². The van der Waals surface area contributed by atoms with Crippen LogP contribution >= 0.6 is 23.2 Å². The van der Waals surface area contributed by atoms with Crippen molar-refractivity contribution >= 4 is 46.0 Å². The number of anilines is 1. The van der Waals surface area contributed by atoms with Gasteiger partial charge in [0.25, 0.3) is 5.78 Å². The third-order valence-corrected chi connectivity index (χ3v) is 8.74. The molecule has 7 rings (SSSR count). The van der Waals surface area contributed by atoms with Gasteiger partial charge in [-0.25, -0.2) is 9.38 Å². The second kappa shape index (κ2) is 10.8. The molecule has 10 nitrogen and oxygen atoms in total.